The molecule has 2 heterocycles. The monoisotopic (exact) mass is 249 g/mol. The van der Waals surface area contributed by atoms with Gasteiger partial charge in [0.1, 0.15) is 12.4 Å². The van der Waals surface area contributed by atoms with Gasteiger partial charge < -0.3 is 11.1 Å². The molecule has 8 heteroatoms. The molecular weight excluding hydrogens is 234 g/mol. The second-order valence-electron chi connectivity index (χ2n) is 3.95. The molecule has 18 heavy (non-hydrogen) atoms. The van der Waals surface area contributed by atoms with Gasteiger partial charge in [-0.1, -0.05) is 5.21 Å². The van der Waals surface area contributed by atoms with Gasteiger partial charge >= 0.3 is 0 Å². The molecule has 0 fully saturated rings. The molecule has 0 aliphatic heterocycles. The molecule has 0 unspecified atom stereocenters. The summed E-state index contributed by atoms with van der Waals surface area (Å²) >= 11 is 0. The van der Waals surface area contributed by atoms with Crippen molar-refractivity contribution >= 4 is 11.7 Å². The van der Waals surface area contributed by atoms with E-state index < -0.39 is 0 Å². The van der Waals surface area contributed by atoms with Crippen LogP contribution in [0, 0.1) is 6.92 Å². The van der Waals surface area contributed by atoms with E-state index in [-0.39, 0.29) is 12.5 Å². The van der Waals surface area contributed by atoms with Crippen molar-refractivity contribution in [1.29, 1.82) is 0 Å². The summed E-state index contributed by atoms with van der Waals surface area (Å²) in [5, 5.41) is 14.5. The molecule has 2 rings (SSSR count). The molecule has 0 saturated carbocycles. The maximum absolute atomic E-state index is 11.8. The van der Waals surface area contributed by atoms with Gasteiger partial charge in [0.25, 0.3) is 0 Å². The Morgan fingerprint density at radius 2 is 2.33 bits per heavy atom. The molecule has 0 atom stereocenters. The highest BCUT2D eigenvalue weighted by Gasteiger charge is 2.08. The van der Waals surface area contributed by atoms with E-state index in [0.29, 0.717) is 18.1 Å². The lowest BCUT2D eigenvalue weighted by Gasteiger charge is -2.04. The molecule has 0 aromatic carbocycles. The lowest BCUT2D eigenvalue weighted by molar-refractivity contribution is -0.117. The molecule has 2 aromatic heterocycles. The molecule has 3 N–H and O–H groups in total. The van der Waals surface area contributed by atoms with E-state index in [4.69, 9.17) is 5.73 Å². The minimum absolute atomic E-state index is 0.0945. The Labute approximate surface area is 104 Å². The maximum atomic E-state index is 11.8. The predicted octanol–water partition coefficient (Wildman–Crippen LogP) is -0.583. The van der Waals surface area contributed by atoms with Gasteiger partial charge in [0.2, 0.25) is 5.91 Å². The maximum Gasteiger partial charge on any atom is 0.247 e. The van der Waals surface area contributed by atoms with E-state index in [2.05, 4.69) is 20.7 Å². The first-order valence-electron chi connectivity index (χ1n) is 5.48. The van der Waals surface area contributed by atoms with Gasteiger partial charge in [-0.05, 0) is 6.92 Å². The molecule has 0 bridgehead atoms. The Morgan fingerprint density at radius 1 is 1.56 bits per heavy atom. The van der Waals surface area contributed by atoms with Crippen molar-refractivity contribution in [2.24, 2.45) is 12.8 Å². The van der Waals surface area contributed by atoms with Gasteiger partial charge in [0.05, 0.1) is 17.6 Å². The van der Waals surface area contributed by atoms with E-state index in [1.54, 1.807) is 24.0 Å². The summed E-state index contributed by atoms with van der Waals surface area (Å²) in [6.45, 7) is 2.26. The van der Waals surface area contributed by atoms with E-state index in [1.807, 2.05) is 6.92 Å². The fourth-order valence-corrected chi connectivity index (χ4v) is 1.57. The van der Waals surface area contributed by atoms with Crippen molar-refractivity contribution in [3.8, 4) is 0 Å². The van der Waals surface area contributed by atoms with Gasteiger partial charge in [0, 0.05) is 19.7 Å². The summed E-state index contributed by atoms with van der Waals surface area (Å²) in [5.74, 6) is 0.461. The zero-order valence-electron chi connectivity index (χ0n) is 10.3. The zero-order chi connectivity index (χ0) is 13.1. The number of hydrogen-bond donors (Lipinski definition) is 2. The number of aromatic nitrogens is 5. The summed E-state index contributed by atoms with van der Waals surface area (Å²) < 4.78 is 3.06. The Morgan fingerprint density at radius 3 is 2.89 bits per heavy atom. The van der Waals surface area contributed by atoms with Crippen LogP contribution in [0.4, 0.5) is 5.82 Å². The van der Waals surface area contributed by atoms with Crippen molar-refractivity contribution in [2.75, 3.05) is 5.32 Å². The van der Waals surface area contributed by atoms with Gasteiger partial charge in [-0.2, -0.15) is 5.10 Å². The highest BCUT2D eigenvalue weighted by atomic mass is 16.2. The van der Waals surface area contributed by atoms with Crippen LogP contribution in [0.25, 0.3) is 0 Å². The number of carbonyl (C=O) groups excluding carboxylic acids is 1. The summed E-state index contributed by atoms with van der Waals surface area (Å²) in [6.07, 6.45) is 1.65. The van der Waals surface area contributed by atoms with E-state index in [1.165, 1.54) is 4.68 Å². The minimum atomic E-state index is -0.188. The smallest absolute Gasteiger partial charge is 0.247 e. The molecule has 0 saturated heterocycles. The minimum Gasteiger partial charge on any atom is -0.325 e. The predicted molar refractivity (Wildman–Crippen MR) is 64.5 cm³/mol. The molecular formula is C10H15N7O. The summed E-state index contributed by atoms with van der Waals surface area (Å²) in [5.41, 5.74) is 6.91. The van der Waals surface area contributed by atoms with Crippen LogP contribution in [0.3, 0.4) is 0 Å². The SMILES string of the molecule is Cc1cc(NC(=O)Cn2cc(CN)nn2)n(C)n1. The third kappa shape index (κ3) is 2.72. The van der Waals surface area contributed by atoms with Crippen molar-refractivity contribution in [1.82, 2.24) is 24.8 Å². The number of aryl methyl sites for hydroxylation is 2. The lowest BCUT2D eigenvalue weighted by Crippen LogP contribution is -2.20. The van der Waals surface area contributed by atoms with Crippen LogP contribution >= 0.6 is 0 Å². The molecule has 0 aliphatic carbocycles. The summed E-state index contributed by atoms with van der Waals surface area (Å²) in [4.78, 5) is 11.8. The fourth-order valence-electron chi connectivity index (χ4n) is 1.57. The summed E-state index contributed by atoms with van der Waals surface area (Å²) in [7, 11) is 1.77. The van der Waals surface area contributed by atoms with Crippen LogP contribution in [-0.4, -0.2) is 30.7 Å². The molecule has 96 valence electrons. The Balaban J connectivity index is 1.98. The van der Waals surface area contributed by atoms with Crippen LogP contribution < -0.4 is 11.1 Å². The lowest BCUT2D eigenvalue weighted by atomic mass is 10.4. The van der Waals surface area contributed by atoms with Crippen molar-refractivity contribution in [2.45, 2.75) is 20.0 Å². The van der Waals surface area contributed by atoms with E-state index in [9.17, 15) is 4.79 Å². The fraction of sp³-hybridized carbons (Fsp3) is 0.400. The van der Waals surface area contributed by atoms with Gasteiger partial charge in [0.15, 0.2) is 0 Å². The Bertz CT molecular complexity index is 556. The van der Waals surface area contributed by atoms with Gasteiger partial charge in [-0.3, -0.25) is 9.48 Å². The number of carbonyl (C=O) groups is 1. The number of nitrogens with one attached hydrogen (secondary N) is 1. The normalized spacial score (nSPS) is 10.6. The second kappa shape index (κ2) is 4.96. The van der Waals surface area contributed by atoms with E-state index in [0.717, 1.165) is 5.69 Å². The highest BCUT2D eigenvalue weighted by molar-refractivity contribution is 5.89. The summed E-state index contributed by atoms with van der Waals surface area (Å²) in [6, 6.07) is 1.80. The first-order valence-corrected chi connectivity index (χ1v) is 5.48. The average molecular weight is 249 g/mol. The standard InChI is InChI=1S/C10H15N7O/c1-7-3-9(16(2)14-7)12-10(18)6-17-5-8(4-11)13-15-17/h3,5H,4,6,11H2,1-2H3,(H,12,18). The quantitative estimate of drug-likeness (QED) is 0.754. The zero-order valence-corrected chi connectivity index (χ0v) is 10.3. The average Bonchev–Trinajstić information content (AvgIpc) is 2.86. The number of rotatable bonds is 4. The van der Waals surface area contributed by atoms with Crippen molar-refractivity contribution < 1.29 is 4.79 Å². The number of nitrogens with two attached hydrogens (primary N) is 1. The first kappa shape index (κ1) is 12.2. The molecule has 0 radical (unpaired) electrons. The highest BCUT2D eigenvalue weighted by Crippen LogP contribution is 2.07. The Hall–Kier alpha value is -2.22. The molecule has 8 nitrogen and oxygen atoms in total. The third-order valence-corrected chi connectivity index (χ3v) is 2.37. The number of amides is 1. The van der Waals surface area contributed by atoms with Crippen LogP contribution in [0.1, 0.15) is 11.4 Å². The van der Waals surface area contributed by atoms with E-state index >= 15 is 0 Å². The molecule has 0 spiro atoms. The number of anilines is 1. The van der Waals surface area contributed by atoms with Gasteiger partial charge in [-0.25, -0.2) is 4.68 Å². The van der Waals surface area contributed by atoms with Crippen LogP contribution in [0.5, 0.6) is 0 Å². The van der Waals surface area contributed by atoms with Crippen LogP contribution in [0.2, 0.25) is 0 Å². The first-order chi connectivity index (χ1) is 8.58. The van der Waals surface area contributed by atoms with Crippen molar-refractivity contribution in [3.63, 3.8) is 0 Å². The topological polar surface area (TPSA) is 104 Å². The second-order valence-corrected chi connectivity index (χ2v) is 3.95. The largest absolute Gasteiger partial charge is 0.325 e. The number of hydrogen-bond acceptors (Lipinski definition) is 5. The van der Waals surface area contributed by atoms with Crippen molar-refractivity contribution in [3.05, 3.63) is 23.7 Å². The van der Waals surface area contributed by atoms with Crippen LogP contribution in [-0.2, 0) is 24.9 Å². The third-order valence-electron chi connectivity index (χ3n) is 2.37. The number of nitrogens with zero attached hydrogens (tertiary/aromatic N) is 5. The molecule has 0 aliphatic rings. The van der Waals surface area contributed by atoms with Crippen LogP contribution in [0.15, 0.2) is 12.3 Å². The Kier molecular flexibility index (Phi) is 3.38. The molecule has 1 amide bonds. The van der Waals surface area contributed by atoms with Gasteiger partial charge in [-0.15, -0.1) is 5.10 Å². The molecule has 2 aromatic rings.